The van der Waals surface area contributed by atoms with E-state index in [2.05, 4.69) is 4.98 Å². The molecule has 0 aliphatic carbocycles. The maximum atomic E-state index is 11.4. The molecule has 2 aliphatic rings. The highest BCUT2D eigenvalue weighted by Gasteiger charge is 2.43. The monoisotopic (exact) mass is 380 g/mol. The van der Waals surface area contributed by atoms with Crippen LogP contribution in [0.4, 0.5) is 0 Å². The zero-order valence-corrected chi connectivity index (χ0v) is 15.5. The van der Waals surface area contributed by atoms with Gasteiger partial charge in [-0.05, 0) is 30.3 Å². The SMILES string of the molecule is COc1ccc(-c2nc3cc(C(N)=O)ccc3o2)c2c1OC1(CCOCC1)C2. The average Bonchev–Trinajstić information content (AvgIpc) is 3.28. The Bertz CT molecular complexity index is 1080. The Balaban J connectivity index is 1.61. The fraction of sp³-hybridized carbons (Fsp3) is 0.333. The first kappa shape index (κ1) is 17.1. The van der Waals surface area contributed by atoms with Gasteiger partial charge >= 0.3 is 0 Å². The van der Waals surface area contributed by atoms with Crippen molar-refractivity contribution >= 4 is 17.0 Å². The van der Waals surface area contributed by atoms with Gasteiger partial charge in [0, 0.05) is 36.0 Å². The zero-order chi connectivity index (χ0) is 19.3. The molecular formula is C21H20N2O5. The first-order valence-corrected chi connectivity index (χ1v) is 9.26. The average molecular weight is 380 g/mol. The fourth-order valence-corrected chi connectivity index (χ4v) is 4.05. The van der Waals surface area contributed by atoms with Crippen molar-refractivity contribution in [3.8, 4) is 23.0 Å². The van der Waals surface area contributed by atoms with Crippen LogP contribution in [0.2, 0.25) is 0 Å². The number of carbonyl (C=O) groups excluding carboxylic acids is 1. The minimum atomic E-state index is -0.494. The number of hydrogen-bond acceptors (Lipinski definition) is 6. The van der Waals surface area contributed by atoms with Crippen LogP contribution < -0.4 is 15.2 Å². The summed E-state index contributed by atoms with van der Waals surface area (Å²) < 4.78 is 23.4. The highest BCUT2D eigenvalue weighted by molar-refractivity contribution is 5.96. The molecule has 1 spiro atoms. The molecule has 2 aromatic carbocycles. The highest BCUT2D eigenvalue weighted by atomic mass is 16.5. The molecule has 144 valence electrons. The molecule has 5 rings (SSSR count). The lowest BCUT2D eigenvalue weighted by Gasteiger charge is -2.32. The Morgan fingerprint density at radius 2 is 2.04 bits per heavy atom. The van der Waals surface area contributed by atoms with Gasteiger partial charge in [0.1, 0.15) is 11.1 Å². The topological polar surface area (TPSA) is 96.8 Å². The van der Waals surface area contributed by atoms with E-state index in [-0.39, 0.29) is 5.60 Å². The maximum Gasteiger partial charge on any atom is 0.248 e. The van der Waals surface area contributed by atoms with Gasteiger partial charge in [0.15, 0.2) is 17.1 Å². The molecule has 0 unspecified atom stereocenters. The molecule has 0 bridgehead atoms. The van der Waals surface area contributed by atoms with Gasteiger partial charge in [0.25, 0.3) is 0 Å². The summed E-state index contributed by atoms with van der Waals surface area (Å²) in [4.78, 5) is 16.0. The molecule has 0 radical (unpaired) electrons. The van der Waals surface area contributed by atoms with Crippen molar-refractivity contribution in [3.05, 3.63) is 41.5 Å². The number of nitrogens with two attached hydrogens (primary N) is 1. The summed E-state index contributed by atoms with van der Waals surface area (Å²) in [5.74, 6) is 1.45. The van der Waals surface area contributed by atoms with Crippen molar-refractivity contribution in [1.29, 1.82) is 0 Å². The number of amides is 1. The second-order valence-corrected chi connectivity index (χ2v) is 7.26. The van der Waals surface area contributed by atoms with Crippen LogP contribution in [-0.2, 0) is 11.2 Å². The molecule has 0 saturated carbocycles. The van der Waals surface area contributed by atoms with Crippen molar-refractivity contribution in [2.24, 2.45) is 5.73 Å². The number of oxazole rings is 1. The maximum absolute atomic E-state index is 11.4. The zero-order valence-electron chi connectivity index (χ0n) is 15.5. The summed E-state index contributed by atoms with van der Waals surface area (Å²) in [6, 6.07) is 8.81. The lowest BCUT2D eigenvalue weighted by atomic mass is 9.88. The molecule has 1 fully saturated rings. The Hall–Kier alpha value is -3.06. The summed E-state index contributed by atoms with van der Waals surface area (Å²) in [6.07, 6.45) is 2.42. The highest BCUT2D eigenvalue weighted by Crippen LogP contribution is 2.49. The molecule has 3 heterocycles. The van der Waals surface area contributed by atoms with E-state index in [1.54, 1.807) is 25.3 Å². The molecule has 0 atom stereocenters. The van der Waals surface area contributed by atoms with E-state index in [0.29, 0.717) is 41.5 Å². The first-order chi connectivity index (χ1) is 13.6. The molecule has 2 aliphatic heterocycles. The number of rotatable bonds is 3. The third kappa shape index (κ3) is 2.62. The van der Waals surface area contributed by atoms with Crippen molar-refractivity contribution in [1.82, 2.24) is 4.98 Å². The van der Waals surface area contributed by atoms with Crippen LogP contribution in [0.1, 0.15) is 28.8 Å². The van der Waals surface area contributed by atoms with E-state index in [4.69, 9.17) is 24.4 Å². The van der Waals surface area contributed by atoms with Crippen molar-refractivity contribution in [2.75, 3.05) is 20.3 Å². The number of fused-ring (bicyclic) bond motifs is 2. The molecule has 1 aromatic heterocycles. The van der Waals surface area contributed by atoms with Gasteiger partial charge in [0.05, 0.1) is 20.3 Å². The second-order valence-electron chi connectivity index (χ2n) is 7.26. The van der Waals surface area contributed by atoms with Crippen LogP contribution >= 0.6 is 0 Å². The first-order valence-electron chi connectivity index (χ1n) is 9.26. The number of hydrogen-bond donors (Lipinski definition) is 1. The Morgan fingerprint density at radius 1 is 1.21 bits per heavy atom. The summed E-state index contributed by atoms with van der Waals surface area (Å²) in [7, 11) is 1.64. The van der Waals surface area contributed by atoms with Crippen LogP contribution in [0.3, 0.4) is 0 Å². The van der Waals surface area contributed by atoms with Gasteiger partial charge in [-0.15, -0.1) is 0 Å². The number of benzene rings is 2. The Morgan fingerprint density at radius 3 is 2.79 bits per heavy atom. The Labute approximate surface area is 161 Å². The van der Waals surface area contributed by atoms with Crippen molar-refractivity contribution < 1.29 is 23.4 Å². The Kier molecular flexibility index (Phi) is 3.80. The van der Waals surface area contributed by atoms with Crippen LogP contribution in [0.5, 0.6) is 11.5 Å². The van der Waals surface area contributed by atoms with E-state index >= 15 is 0 Å². The van der Waals surface area contributed by atoms with Crippen LogP contribution in [0.15, 0.2) is 34.7 Å². The molecule has 7 nitrogen and oxygen atoms in total. The lowest BCUT2D eigenvalue weighted by molar-refractivity contribution is -0.0338. The van der Waals surface area contributed by atoms with Gasteiger partial charge in [-0.1, -0.05) is 0 Å². The van der Waals surface area contributed by atoms with Crippen molar-refractivity contribution in [3.63, 3.8) is 0 Å². The lowest BCUT2D eigenvalue weighted by Crippen LogP contribution is -2.40. The molecular weight excluding hydrogens is 360 g/mol. The second kappa shape index (κ2) is 6.24. The molecule has 1 amide bonds. The van der Waals surface area contributed by atoms with E-state index in [9.17, 15) is 4.79 Å². The molecule has 28 heavy (non-hydrogen) atoms. The third-order valence-electron chi connectivity index (χ3n) is 5.57. The van der Waals surface area contributed by atoms with Crippen LogP contribution in [0.25, 0.3) is 22.6 Å². The number of aromatic nitrogens is 1. The fourth-order valence-electron chi connectivity index (χ4n) is 4.05. The van der Waals surface area contributed by atoms with E-state index in [0.717, 1.165) is 36.1 Å². The molecule has 2 N–H and O–H groups in total. The minimum absolute atomic E-state index is 0.269. The van der Waals surface area contributed by atoms with Gasteiger partial charge in [-0.25, -0.2) is 4.98 Å². The predicted octanol–water partition coefficient (Wildman–Crippen LogP) is 3.09. The summed E-state index contributed by atoms with van der Waals surface area (Å²) in [6.45, 7) is 1.37. The van der Waals surface area contributed by atoms with Gasteiger partial charge in [-0.2, -0.15) is 0 Å². The van der Waals surface area contributed by atoms with Gasteiger partial charge in [0.2, 0.25) is 11.8 Å². The van der Waals surface area contributed by atoms with E-state index in [1.807, 2.05) is 12.1 Å². The quantitative estimate of drug-likeness (QED) is 0.750. The molecule has 7 heteroatoms. The smallest absolute Gasteiger partial charge is 0.248 e. The number of ether oxygens (including phenoxy) is 3. The minimum Gasteiger partial charge on any atom is -0.493 e. The van der Waals surface area contributed by atoms with Gasteiger partial charge in [-0.3, -0.25) is 4.79 Å². The normalized spacial score (nSPS) is 17.5. The number of carbonyl (C=O) groups is 1. The molecule has 1 saturated heterocycles. The molecule has 3 aromatic rings. The summed E-state index contributed by atoms with van der Waals surface area (Å²) >= 11 is 0. The van der Waals surface area contributed by atoms with Crippen LogP contribution in [-0.4, -0.2) is 36.8 Å². The standard InChI is InChI=1S/C21H20N2O5/c1-25-17-5-3-13(14-11-21(28-18(14)17)6-8-26-9-7-21)20-23-15-10-12(19(22)24)2-4-16(15)27-20/h2-5,10H,6-9,11H2,1H3,(H2,22,24). The van der Waals surface area contributed by atoms with E-state index in [1.165, 1.54) is 0 Å². The number of primary amides is 1. The summed E-state index contributed by atoms with van der Waals surface area (Å²) in [5.41, 5.74) is 8.60. The third-order valence-corrected chi connectivity index (χ3v) is 5.57. The summed E-state index contributed by atoms with van der Waals surface area (Å²) in [5, 5.41) is 0. The van der Waals surface area contributed by atoms with E-state index < -0.39 is 5.91 Å². The number of methoxy groups -OCH3 is 1. The number of nitrogens with zero attached hydrogens (tertiary/aromatic N) is 1. The predicted molar refractivity (Wildman–Crippen MR) is 102 cm³/mol. The van der Waals surface area contributed by atoms with Crippen LogP contribution in [0, 0.1) is 0 Å². The van der Waals surface area contributed by atoms with Gasteiger partial charge < -0.3 is 24.4 Å². The van der Waals surface area contributed by atoms with Crippen molar-refractivity contribution in [2.45, 2.75) is 24.9 Å². The largest absolute Gasteiger partial charge is 0.493 e.